The van der Waals surface area contributed by atoms with Gasteiger partial charge in [0.15, 0.2) is 0 Å². The van der Waals surface area contributed by atoms with Crippen LogP contribution in [0.25, 0.3) is 0 Å². The van der Waals surface area contributed by atoms with E-state index in [-0.39, 0.29) is 0 Å². The first-order chi connectivity index (χ1) is 11.7. The number of hydrogen-bond donors (Lipinski definition) is 1. The molecule has 0 amide bonds. The molecule has 132 valence electrons. The molecule has 0 aromatic heterocycles. The number of benzene rings is 2. The highest BCUT2D eigenvalue weighted by molar-refractivity contribution is 7.92. The fourth-order valence-electron chi connectivity index (χ4n) is 3.57. The van der Waals surface area contributed by atoms with Gasteiger partial charge >= 0.3 is 0 Å². The fraction of sp³-hybridized carbons (Fsp3) is 0.250. The summed E-state index contributed by atoms with van der Waals surface area (Å²) in [6, 6.07) is 13.9. The van der Waals surface area contributed by atoms with E-state index in [1.807, 2.05) is 0 Å². The number of hydrogen-bond acceptors (Lipinski definition) is 5. The predicted octanol–water partition coefficient (Wildman–Crippen LogP) is 1.53. The van der Waals surface area contributed by atoms with E-state index in [0.29, 0.717) is 22.5 Å². The molecule has 0 radical (unpaired) electrons. The molecule has 1 N–H and O–H groups in total. The molecule has 4 rings (SSSR count). The lowest BCUT2D eigenvalue weighted by Crippen LogP contribution is -2.56. The monoisotopic (exact) mass is 379 g/mol. The Morgan fingerprint density at radius 3 is 1.44 bits per heavy atom. The number of fused-ring (bicyclic) bond motifs is 6. The third-order valence-corrected chi connectivity index (χ3v) is 6.68. The highest BCUT2D eigenvalue weighted by atomic mass is 32.2. The van der Waals surface area contributed by atoms with Crippen molar-refractivity contribution in [1.82, 2.24) is 5.32 Å². The van der Waals surface area contributed by atoms with Crippen LogP contribution in [0.4, 0.5) is 11.4 Å². The van der Waals surface area contributed by atoms with Gasteiger partial charge in [-0.25, -0.2) is 25.4 Å². The largest absolute Gasteiger partial charge is 0.268 e. The summed E-state index contributed by atoms with van der Waals surface area (Å²) in [5.74, 6) is 0. The molecule has 9 heteroatoms. The van der Waals surface area contributed by atoms with Gasteiger partial charge in [-0.15, -0.1) is 0 Å². The van der Waals surface area contributed by atoms with Crippen LogP contribution in [-0.2, 0) is 20.0 Å². The van der Waals surface area contributed by atoms with Crippen LogP contribution < -0.4 is 13.9 Å². The third-order valence-electron chi connectivity index (χ3n) is 4.44. The maximum atomic E-state index is 12.5. The molecular formula is C16H17N3O4S2. The minimum Gasteiger partial charge on any atom is -0.268 e. The van der Waals surface area contributed by atoms with Gasteiger partial charge in [0.25, 0.3) is 0 Å². The van der Waals surface area contributed by atoms with Gasteiger partial charge in [-0.2, -0.15) is 0 Å². The van der Waals surface area contributed by atoms with E-state index in [9.17, 15) is 16.8 Å². The summed E-state index contributed by atoms with van der Waals surface area (Å²) in [5.41, 5.74) is 2.18. The Kier molecular flexibility index (Phi) is 3.40. The molecule has 2 aliphatic heterocycles. The van der Waals surface area contributed by atoms with E-state index in [2.05, 4.69) is 5.32 Å². The van der Waals surface area contributed by atoms with Crippen molar-refractivity contribution in [3.8, 4) is 0 Å². The maximum Gasteiger partial charge on any atom is 0.233 e. The zero-order valence-electron chi connectivity index (χ0n) is 13.6. The number of nitrogens with zero attached hydrogens (tertiary/aromatic N) is 2. The number of nitrogens with one attached hydrogen (secondary N) is 1. The number of para-hydroxylation sites is 2. The van der Waals surface area contributed by atoms with Crippen molar-refractivity contribution in [3.63, 3.8) is 0 Å². The Labute approximate surface area is 147 Å². The van der Waals surface area contributed by atoms with Gasteiger partial charge in [-0.1, -0.05) is 36.4 Å². The van der Waals surface area contributed by atoms with Crippen LogP contribution >= 0.6 is 0 Å². The van der Waals surface area contributed by atoms with Gasteiger partial charge in [-0.05, 0) is 12.1 Å². The van der Waals surface area contributed by atoms with Crippen LogP contribution in [-0.4, -0.2) is 29.3 Å². The molecule has 25 heavy (non-hydrogen) atoms. The van der Waals surface area contributed by atoms with Crippen LogP contribution in [0.15, 0.2) is 48.5 Å². The van der Waals surface area contributed by atoms with Crippen molar-refractivity contribution < 1.29 is 16.8 Å². The van der Waals surface area contributed by atoms with E-state index in [4.69, 9.17) is 0 Å². The lowest BCUT2D eigenvalue weighted by atomic mass is 9.98. The maximum absolute atomic E-state index is 12.5. The first-order valence-electron chi connectivity index (χ1n) is 7.62. The molecule has 0 spiro atoms. The SMILES string of the molecule is CS(=O)(=O)N1c2ccccc2[C@@H]2N[C@@H]1c1ccccc1N2S(C)(=O)=O. The predicted molar refractivity (Wildman–Crippen MR) is 96.1 cm³/mol. The Hall–Kier alpha value is -2.10. The molecule has 0 fully saturated rings. The van der Waals surface area contributed by atoms with Crippen LogP contribution in [0.3, 0.4) is 0 Å². The second kappa shape index (κ2) is 5.20. The average Bonchev–Trinajstić information content (AvgIpc) is 2.52. The van der Waals surface area contributed by atoms with Crippen molar-refractivity contribution in [2.45, 2.75) is 12.3 Å². The second-order valence-electron chi connectivity index (χ2n) is 6.21. The van der Waals surface area contributed by atoms with E-state index >= 15 is 0 Å². The van der Waals surface area contributed by atoms with Gasteiger partial charge < -0.3 is 0 Å². The Morgan fingerprint density at radius 1 is 0.720 bits per heavy atom. The topological polar surface area (TPSA) is 86.8 Å². The Morgan fingerprint density at radius 2 is 1.08 bits per heavy atom. The van der Waals surface area contributed by atoms with Crippen molar-refractivity contribution in [1.29, 1.82) is 0 Å². The number of sulfonamides is 2. The summed E-state index contributed by atoms with van der Waals surface area (Å²) < 4.78 is 52.6. The van der Waals surface area contributed by atoms with Crippen LogP contribution in [0, 0.1) is 0 Å². The highest BCUT2D eigenvalue weighted by Gasteiger charge is 2.47. The molecule has 2 aromatic carbocycles. The second-order valence-corrected chi connectivity index (χ2v) is 9.93. The molecule has 2 aromatic rings. The smallest absolute Gasteiger partial charge is 0.233 e. The quantitative estimate of drug-likeness (QED) is 0.855. The zero-order valence-corrected chi connectivity index (χ0v) is 15.3. The summed E-state index contributed by atoms with van der Waals surface area (Å²) in [6.07, 6.45) is 0.975. The van der Waals surface area contributed by atoms with Crippen LogP contribution in [0.1, 0.15) is 23.5 Å². The van der Waals surface area contributed by atoms with Crippen LogP contribution in [0.5, 0.6) is 0 Å². The molecule has 0 saturated heterocycles. The summed E-state index contributed by atoms with van der Waals surface area (Å²) in [6.45, 7) is 0. The van der Waals surface area contributed by atoms with Crippen LogP contribution in [0.2, 0.25) is 0 Å². The van der Waals surface area contributed by atoms with Gasteiger partial charge in [0, 0.05) is 11.1 Å². The fourth-order valence-corrected chi connectivity index (χ4v) is 5.74. The van der Waals surface area contributed by atoms with Gasteiger partial charge in [0.05, 0.1) is 23.9 Å². The van der Waals surface area contributed by atoms with Crippen molar-refractivity contribution in [2.75, 3.05) is 21.1 Å². The van der Waals surface area contributed by atoms with Crippen molar-refractivity contribution >= 4 is 31.4 Å². The molecule has 0 unspecified atom stereocenters. The number of anilines is 2. The summed E-state index contributed by atoms with van der Waals surface area (Å²) >= 11 is 0. The van der Waals surface area contributed by atoms with E-state index < -0.39 is 32.4 Å². The highest BCUT2D eigenvalue weighted by Crippen LogP contribution is 2.49. The first-order valence-corrected chi connectivity index (χ1v) is 11.3. The van der Waals surface area contributed by atoms with E-state index in [1.165, 1.54) is 8.61 Å². The number of rotatable bonds is 2. The minimum atomic E-state index is -3.58. The Balaban J connectivity index is 2.07. The van der Waals surface area contributed by atoms with Crippen molar-refractivity contribution in [2.24, 2.45) is 0 Å². The normalized spacial score (nSPS) is 22.3. The van der Waals surface area contributed by atoms with Gasteiger partial charge in [-0.3, -0.25) is 5.32 Å². The minimum absolute atomic E-state index is 0.488. The molecule has 2 heterocycles. The van der Waals surface area contributed by atoms with Crippen molar-refractivity contribution in [3.05, 3.63) is 59.7 Å². The molecule has 2 atom stereocenters. The van der Waals surface area contributed by atoms with Gasteiger partial charge in [0.2, 0.25) is 20.0 Å². The average molecular weight is 379 g/mol. The lowest BCUT2D eigenvalue weighted by molar-refractivity contribution is 0.416. The molecule has 2 bridgehead atoms. The summed E-state index contributed by atoms with van der Waals surface area (Å²) in [4.78, 5) is 0. The van der Waals surface area contributed by atoms with Gasteiger partial charge in [0.1, 0.15) is 12.3 Å². The molecule has 0 aliphatic carbocycles. The molecule has 0 saturated carbocycles. The van der Waals surface area contributed by atoms with E-state index in [0.717, 1.165) is 12.5 Å². The Bertz CT molecular complexity index is 981. The first kappa shape index (κ1) is 16.4. The summed E-state index contributed by atoms with van der Waals surface area (Å²) in [5, 5.41) is 3.17. The standard InChI is InChI=1S/C16H17N3O4S2/c1-24(20,21)18-13-9-5-3-7-11(13)16-17-15(18)12-8-4-6-10-14(12)19(16)25(2,22)23/h3-10,15-17H,1-2H3/t15-,16+. The van der Waals surface area contributed by atoms with E-state index in [1.54, 1.807) is 48.5 Å². The molecule has 7 nitrogen and oxygen atoms in total. The summed E-state index contributed by atoms with van der Waals surface area (Å²) in [7, 11) is -7.17. The lowest BCUT2D eigenvalue weighted by Gasteiger charge is -2.49. The molecule has 2 aliphatic rings. The molecular weight excluding hydrogens is 362 g/mol. The zero-order chi connectivity index (χ0) is 18.0. The third kappa shape index (κ3) is 2.42.